The van der Waals surface area contributed by atoms with Crippen molar-refractivity contribution in [2.24, 2.45) is 5.92 Å². The predicted molar refractivity (Wildman–Crippen MR) is 98.7 cm³/mol. The summed E-state index contributed by atoms with van der Waals surface area (Å²) < 4.78 is 25.6. The number of rotatable bonds is 5. The Morgan fingerprint density at radius 2 is 2.08 bits per heavy atom. The van der Waals surface area contributed by atoms with Crippen molar-refractivity contribution in [2.75, 3.05) is 51.9 Å². The van der Waals surface area contributed by atoms with Crippen LogP contribution in [0.15, 0.2) is 24.3 Å². The van der Waals surface area contributed by atoms with Crippen LogP contribution in [0.4, 0.5) is 14.5 Å². The average Bonchev–Trinajstić information content (AvgIpc) is 3.06. The molecule has 26 heavy (non-hydrogen) atoms. The molecule has 1 aromatic carbocycles. The highest BCUT2D eigenvalue weighted by molar-refractivity contribution is 5.87. The van der Waals surface area contributed by atoms with Crippen molar-refractivity contribution in [3.63, 3.8) is 0 Å². The maximum absolute atomic E-state index is 12.9. The molecule has 0 fully saturated rings. The molecule has 1 aromatic rings. The molecule has 140 valence electrons. The molecule has 0 radical (unpaired) electrons. The quantitative estimate of drug-likeness (QED) is 0.876. The molecule has 6 heteroatoms. The van der Waals surface area contributed by atoms with Crippen LogP contribution in [-0.4, -0.2) is 68.3 Å². The zero-order valence-electron chi connectivity index (χ0n) is 15.0. The average molecular weight is 361 g/mol. The van der Waals surface area contributed by atoms with E-state index in [0.29, 0.717) is 18.5 Å². The maximum atomic E-state index is 12.9. The maximum Gasteiger partial charge on any atom is 0.230 e. The fraction of sp³-hybridized carbons (Fsp3) is 0.550. The van der Waals surface area contributed by atoms with E-state index in [9.17, 15) is 13.6 Å². The summed E-state index contributed by atoms with van der Waals surface area (Å²) in [6.07, 6.45) is 3.10. The molecule has 1 N–H and O–H groups in total. The van der Waals surface area contributed by atoms with Crippen molar-refractivity contribution in [3.8, 4) is 0 Å². The zero-order valence-corrected chi connectivity index (χ0v) is 15.0. The van der Waals surface area contributed by atoms with Crippen molar-refractivity contribution in [1.29, 1.82) is 0 Å². The molecule has 0 saturated heterocycles. The third-order valence-electron chi connectivity index (χ3n) is 5.97. The second-order valence-electron chi connectivity index (χ2n) is 7.47. The van der Waals surface area contributed by atoms with Gasteiger partial charge in [-0.1, -0.05) is 18.2 Å². The highest BCUT2D eigenvalue weighted by atomic mass is 19.1. The third kappa shape index (κ3) is 2.80. The van der Waals surface area contributed by atoms with Crippen LogP contribution in [0.1, 0.15) is 23.5 Å². The number of carbonyl (C=O) groups is 1. The molecule has 0 aromatic heterocycles. The van der Waals surface area contributed by atoms with Crippen LogP contribution >= 0.6 is 0 Å². The van der Waals surface area contributed by atoms with Crippen LogP contribution in [-0.2, 0) is 4.79 Å². The summed E-state index contributed by atoms with van der Waals surface area (Å²) in [6, 6.07) is 6.59. The molecule has 0 spiro atoms. The molecule has 4 rings (SSSR count). The van der Waals surface area contributed by atoms with Gasteiger partial charge in [-0.3, -0.25) is 9.69 Å². The summed E-state index contributed by atoms with van der Waals surface area (Å²) >= 11 is 0. The number of benzene rings is 1. The van der Waals surface area contributed by atoms with Crippen molar-refractivity contribution in [3.05, 3.63) is 35.4 Å². The van der Waals surface area contributed by atoms with Crippen LogP contribution in [0.3, 0.4) is 0 Å². The first-order valence-electron chi connectivity index (χ1n) is 9.33. The Kier molecular flexibility index (Phi) is 4.69. The highest BCUT2D eigenvalue weighted by Crippen LogP contribution is 2.48. The van der Waals surface area contributed by atoms with Crippen molar-refractivity contribution in [2.45, 2.75) is 18.4 Å². The van der Waals surface area contributed by atoms with Gasteiger partial charge >= 0.3 is 0 Å². The SMILES string of the molecule is CN1C[C@H](C(=O)N(CCF)CCF)C=C2c3cccc4c3C(CN4)C[C@H]21. The van der Waals surface area contributed by atoms with Gasteiger partial charge in [0.05, 0.1) is 5.92 Å². The van der Waals surface area contributed by atoms with Crippen LogP contribution in [0.25, 0.3) is 5.57 Å². The Hall–Kier alpha value is -1.95. The molecule has 0 saturated carbocycles. The molecular formula is C20H25F2N3O. The van der Waals surface area contributed by atoms with Gasteiger partial charge in [-0.25, -0.2) is 8.78 Å². The number of anilines is 1. The van der Waals surface area contributed by atoms with E-state index >= 15 is 0 Å². The first-order valence-corrected chi connectivity index (χ1v) is 9.33. The van der Waals surface area contributed by atoms with Gasteiger partial charge in [-0.2, -0.15) is 0 Å². The van der Waals surface area contributed by atoms with Gasteiger partial charge in [0.2, 0.25) is 5.91 Å². The number of fused-ring (bicyclic) bond motifs is 2. The standard InChI is InChI=1S/C20H25F2N3O/c1-24-12-14(20(26)25(7-5-21)8-6-22)9-16-15-3-2-4-17-19(15)13(11-23-17)10-18(16)24/h2-4,9,13-14,18,23H,5-8,10-12H2,1H3/t13?,14-,18-/m1/s1. The van der Waals surface area contributed by atoms with E-state index < -0.39 is 13.3 Å². The van der Waals surface area contributed by atoms with Gasteiger partial charge < -0.3 is 10.2 Å². The summed E-state index contributed by atoms with van der Waals surface area (Å²) in [6.45, 7) is 0.190. The van der Waals surface area contributed by atoms with Gasteiger partial charge in [0.15, 0.2) is 0 Å². The zero-order chi connectivity index (χ0) is 18.3. The summed E-state index contributed by atoms with van der Waals surface area (Å²) in [5.41, 5.74) is 4.97. The van der Waals surface area contributed by atoms with E-state index in [2.05, 4.69) is 34.5 Å². The lowest BCUT2D eigenvalue weighted by atomic mass is 9.74. The number of halogens is 2. The largest absolute Gasteiger partial charge is 0.384 e. The summed E-state index contributed by atoms with van der Waals surface area (Å²) in [5.74, 6) is -0.0235. The van der Waals surface area contributed by atoms with Crippen LogP contribution in [0, 0.1) is 5.92 Å². The van der Waals surface area contributed by atoms with E-state index in [1.165, 1.54) is 27.3 Å². The molecule has 2 aliphatic heterocycles. The number of hydrogen-bond acceptors (Lipinski definition) is 3. The van der Waals surface area contributed by atoms with Crippen molar-refractivity contribution < 1.29 is 13.6 Å². The number of alkyl halides is 2. The molecular weight excluding hydrogens is 336 g/mol. The molecule has 2 heterocycles. The normalized spacial score (nSPS) is 26.6. The van der Waals surface area contributed by atoms with E-state index in [4.69, 9.17) is 0 Å². The van der Waals surface area contributed by atoms with Gasteiger partial charge in [0, 0.05) is 43.8 Å². The van der Waals surface area contributed by atoms with Gasteiger partial charge in [-0.05, 0) is 36.2 Å². The second-order valence-corrected chi connectivity index (χ2v) is 7.47. The number of nitrogens with one attached hydrogen (secondary N) is 1. The van der Waals surface area contributed by atoms with Crippen LogP contribution in [0.2, 0.25) is 0 Å². The molecule has 1 amide bonds. The lowest BCUT2D eigenvalue weighted by Gasteiger charge is -2.42. The number of hydrogen-bond donors (Lipinski definition) is 1. The van der Waals surface area contributed by atoms with Crippen LogP contribution < -0.4 is 5.32 Å². The first-order chi connectivity index (χ1) is 12.6. The number of likely N-dealkylation sites (N-methyl/N-ethyl adjacent to an activating group) is 1. The summed E-state index contributed by atoms with van der Waals surface area (Å²) in [5, 5.41) is 3.49. The number of nitrogens with zero attached hydrogens (tertiary/aromatic N) is 2. The Morgan fingerprint density at radius 1 is 1.31 bits per heavy atom. The minimum atomic E-state index is -0.646. The van der Waals surface area contributed by atoms with Crippen LogP contribution in [0.5, 0.6) is 0 Å². The fourth-order valence-electron chi connectivity index (χ4n) is 4.77. The molecule has 4 nitrogen and oxygen atoms in total. The minimum Gasteiger partial charge on any atom is -0.384 e. The Morgan fingerprint density at radius 3 is 2.81 bits per heavy atom. The minimum absolute atomic E-state index is 0.0394. The second kappa shape index (κ2) is 6.99. The fourth-order valence-corrected chi connectivity index (χ4v) is 4.77. The first kappa shape index (κ1) is 17.5. The van der Waals surface area contributed by atoms with Gasteiger partial charge in [0.25, 0.3) is 0 Å². The Bertz CT molecular complexity index is 730. The Balaban J connectivity index is 1.69. The number of amides is 1. The number of carbonyl (C=O) groups excluding carboxylic acids is 1. The Labute approximate surface area is 152 Å². The highest BCUT2D eigenvalue weighted by Gasteiger charge is 2.41. The van der Waals surface area contributed by atoms with Crippen molar-refractivity contribution >= 4 is 17.2 Å². The van der Waals surface area contributed by atoms with Crippen molar-refractivity contribution in [1.82, 2.24) is 9.80 Å². The molecule has 0 bridgehead atoms. The molecule has 1 aliphatic carbocycles. The lowest BCUT2D eigenvalue weighted by Crippen LogP contribution is -2.48. The predicted octanol–water partition coefficient (Wildman–Crippen LogP) is 2.68. The topological polar surface area (TPSA) is 35.6 Å². The van der Waals surface area contributed by atoms with E-state index in [0.717, 1.165) is 13.0 Å². The molecule has 3 atom stereocenters. The van der Waals surface area contributed by atoms with E-state index in [1.807, 2.05) is 7.05 Å². The smallest absolute Gasteiger partial charge is 0.230 e. The van der Waals surface area contributed by atoms with E-state index in [1.54, 1.807) is 0 Å². The third-order valence-corrected chi connectivity index (χ3v) is 5.97. The monoisotopic (exact) mass is 361 g/mol. The van der Waals surface area contributed by atoms with E-state index in [-0.39, 0.29) is 24.9 Å². The molecule has 3 aliphatic rings. The lowest BCUT2D eigenvalue weighted by molar-refractivity contribution is -0.135. The van der Waals surface area contributed by atoms with Gasteiger partial charge in [-0.15, -0.1) is 0 Å². The van der Waals surface area contributed by atoms with Gasteiger partial charge in [0.1, 0.15) is 13.3 Å². The summed E-state index contributed by atoms with van der Waals surface area (Å²) in [7, 11) is 2.05. The summed E-state index contributed by atoms with van der Waals surface area (Å²) in [4.78, 5) is 16.4. The molecule has 1 unspecified atom stereocenters.